The van der Waals surface area contributed by atoms with Gasteiger partial charge in [0.25, 0.3) is 0 Å². The van der Waals surface area contributed by atoms with Crippen LogP contribution < -0.4 is 20.6 Å². The van der Waals surface area contributed by atoms with Crippen LogP contribution in [0.15, 0.2) is 52.0 Å². The maximum Gasteiger partial charge on any atom is 0.343 e. The van der Waals surface area contributed by atoms with Crippen molar-refractivity contribution in [3.63, 3.8) is 0 Å². The van der Waals surface area contributed by atoms with E-state index in [1.807, 2.05) is 6.92 Å². The van der Waals surface area contributed by atoms with E-state index in [1.54, 1.807) is 42.5 Å². The van der Waals surface area contributed by atoms with Crippen molar-refractivity contribution in [2.24, 2.45) is 10.8 Å². The van der Waals surface area contributed by atoms with Gasteiger partial charge in [-0.05, 0) is 61.6 Å². The molecule has 0 atom stereocenters. The van der Waals surface area contributed by atoms with Crippen molar-refractivity contribution in [2.45, 2.75) is 6.92 Å². The van der Waals surface area contributed by atoms with Gasteiger partial charge in [0.1, 0.15) is 11.5 Å². The first-order valence-corrected chi connectivity index (χ1v) is 8.53. The molecule has 0 aliphatic rings. The number of ether oxygens (including phenoxy) is 2. The van der Waals surface area contributed by atoms with Crippen molar-refractivity contribution < 1.29 is 14.3 Å². The van der Waals surface area contributed by atoms with Gasteiger partial charge >= 0.3 is 5.97 Å². The topological polar surface area (TPSA) is 85.9 Å². The lowest BCUT2D eigenvalue weighted by Crippen LogP contribution is -2.24. The Morgan fingerprint density at radius 1 is 1.32 bits per heavy atom. The van der Waals surface area contributed by atoms with Gasteiger partial charge in [-0.2, -0.15) is 5.10 Å². The number of benzene rings is 2. The molecule has 8 heteroatoms. The number of esters is 1. The Kier molecular flexibility index (Phi) is 6.91. The summed E-state index contributed by atoms with van der Waals surface area (Å²) in [5.74, 6) is 0.567. The molecular formula is C17H16BrN3O3S. The van der Waals surface area contributed by atoms with Gasteiger partial charge < -0.3 is 15.2 Å². The zero-order chi connectivity index (χ0) is 18.2. The van der Waals surface area contributed by atoms with Crippen LogP contribution in [0.25, 0.3) is 0 Å². The molecule has 2 aromatic carbocycles. The molecule has 0 unspecified atom stereocenters. The summed E-state index contributed by atoms with van der Waals surface area (Å²) in [5.41, 5.74) is 8.76. The van der Waals surface area contributed by atoms with Crippen molar-refractivity contribution in [3.8, 4) is 11.5 Å². The molecule has 0 aliphatic heterocycles. The Balaban J connectivity index is 2.16. The zero-order valence-corrected chi connectivity index (χ0v) is 15.8. The summed E-state index contributed by atoms with van der Waals surface area (Å²) in [5, 5.41) is 3.93. The summed E-state index contributed by atoms with van der Waals surface area (Å²) >= 11 is 8.04. The van der Waals surface area contributed by atoms with Crippen molar-refractivity contribution in [1.29, 1.82) is 0 Å². The molecule has 0 aliphatic carbocycles. The third-order valence-corrected chi connectivity index (χ3v) is 3.54. The molecule has 3 N–H and O–H groups in total. The molecular weight excluding hydrogens is 406 g/mol. The lowest BCUT2D eigenvalue weighted by molar-refractivity contribution is 0.0734. The van der Waals surface area contributed by atoms with Gasteiger partial charge in [0.05, 0.1) is 18.4 Å². The van der Waals surface area contributed by atoms with Crippen molar-refractivity contribution in [2.75, 3.05) is 6.61 Å². The van der Waals surface area contributed by atoms with Crippen LogP contribution in [0.2, 0.25) is 0 Å². The molecule has 0 heterocycles. The normalized spacial score (nSPS) is 10.5. The third-order valence-electron chi connectivity index (χ3n) is 2.95. The summed E-state index contributed by atoms with van der Waals surface area (Å²) in [6.45, 7) is 2.46. The number of nitrogens with zero attached hydrogens (tertiary/aromatic N) is 1. The average molecular weight is 422 g/mol. The predicted molar refractivity (Wildman–Crippen MR) is 104 cm³/mol. The number of nitrogens with two attached hydrogens (primary N) is 1. The molecule has 2 rings (SSSR count). The molecule has 0 radical (unpaired) electrons. The van der Waals surface area contributed by atoms with Crippen LogP contribution in [0.3, 0.4) is 0 Å². The molecule has 0 spiro atoms. The Morgan fingerprint density at radius 3 is 2.68 bits per heavy atom. The number of thiocarbonyl (C=S) groups is 1. The van der Waals surface area contributed by atoms with E-state index >= 15 is 0 Å². The van der Waals surface area contributed by atoms with Crippen LogP contribution in [0, 0.1) is 0 Å². The second-order valence-corrected chi connectivity index (χ2v) is 6.12. The van der Waals surface area contributed by atoms with Crippen LogP contribution in [0.5, 0.6) is 11.5 Å². The van der Waals surface area contributed by atoms with Gasteiger partial charge in [-0.3, -0.25) is 5.43 Å². The lowest BCUT2D eigenvalue weighted by Gasteiger charge is -2.09. The molecule has 130 valence electrons. The first kappa shape index (κ1) is 18.9. The molecule has 0 aromatic heterocycles. The van der Waals surface area contributed by atoms with Crippen LogP contribution >= 0.6 is 28.1 Å². The van der Waals surface area contributed by atoms with E-state index in [-0.39, 0.29) is 5.11 Å². The fourth-order valence-corrected chi connectivity index (χ4v) is 2.32. The number of hydrazone groups is 1. The third kappa shape index (κ3) is 5.84. The first-order chi connectivity index (χ1) is 12.0. The standard InChI is InChI=1S/C17H16BrN3O3S/c1-2-23-14-6-3-11(4-7-14)16(22)24-15-8-5-13(18)9-12(15)10-20-21-17(19)25/h3-10H,2H2,1H3,(H3,19,21,25). The number of hydrogen-bond donors (Lipinski definition) is 2. The Hall–Kier alpha value is -2.45. The highest BCUT2D eigenvalue weighted by molar-refractivity contribution is 9.10. The SMILES string of the molecule is CCOc1ccc(C(=O)Oc2ccc(Br)cc2C=NNC(N)=S)cc1. The van der Waals surface area contributed by atoms with Gasteiger partial charge in [-0.15, -0.1) is 0 Å². The molecule has 6 nitrogen and oxygen atoms in total. The molecule has 0 saturated heterocycles. The average Bonchev–Trinajstić information content (AvgIpc) is 2.58. The fraction of sp³-hybridized carbons (Fsp3) is 0.118. The van der Waals surface area contributed by atoms with Crippen LogP contribution in [-0.4, -0.2) is 23.9 Å². The Labute approximate surface area is 159 Å². The number of rotatable bonds is 6. The minimum Gasteiger partial charge on any atom is -0.494 e. The van der Waals surface area contributed by atoms with E-state index in [0.717, 1.165) is 4.47 Å². The van der Waals surface area contributed by atoms with E-state index in [9.17, 15) is 4.79 Å². The van der Waals surface area contributed by atoms with E-state index in [1.165, 1.54) is 6.21 Å². The molecule has 2 aromatic rings. The number of nitrogens with one attached hydrogen (secondary N) is 1. The molecule has 25 heavy (non-hydrogen) atoms. The minimum atomic E-state index is -0.484. The van der Waals surface area contributed by atoms with E-state index in [4.69, 9.17) is 15.2 Å². The second kappa shape index (κ2) is 9.14. The smallest absolute Gasteiger partial charge is 0.343 e. The lowest BCUT2D eigenvalue weighted by atomic mass is 10.2. The molecule has 0 fully saturated rings. The minimum absolute atomic E-state index is 0.0409. The second-order valence-electron chi connectivity index (χ2n) is 4.76. The van der Waals surface area contributed by atoms with E-state index in [0.29, 0.717) is 29.2 Å². The van der Waals surface area contributed by atoms with E-state index < -0.39 is 5.97 Å². The number of hydrogen-bond acceptors (Lipinski definition) is 5. The highest BCUT2D eigenvalue weighted by Gasteiger charge is 2.12. The molecule has 0 saturated carbocycles. The quantitative estimate of drug-likeness (QED) is 0.245. The van der Waals surface area contributed by atoms with E-state index in [2.05, 4.69) is 38.7 Å². The number of halogens is 1. The van der Waals surface area contributed by atoms with Gasteiger partial charge in [-0.25, -0.2) is 4.79 Å². The number of carbonyl (C=O) groups is 1. The van der Waals surface area contributed by atoms with Crippen LogP contribution in [0.1, 0.15) is 22.8 Å². The highest BCUT2D eigenvalue weighted by Crippen LogP contribution is 2.23. The fourth-order valence-electron chi connectivity index (χ4n) is 1.89. The van der Waals surface area contributed by atoms with Gasteiger partial charge in [0.15, 0.2) is 5.11 Å². The monoisotopic (exact) mass is 421 g/mol. The maximum absolute atomic E-state index is 12.3. The summed E-state index contributed by atoms with van der Waals surface area (Å²) in [6, 6.07) is 11.9. The van der Waals surface area contributed by atoms with Crippen molar-refractivity contribution in [3.05, 3.63) is 58.1 Å². The maximum atomic E-state index is 12.3. The highest BCUT2D eigenvalue weighted by atomic mass is 79.9. The molecule has 0 bridgehead atoms. The largest absolute Gasteiger partial charge is 0.494 e. The summed E-state index contributed by atoms with van der Waals surface area (Å²) < 4.78 is 11.6. The summed E-state index contributed by atoms with van der Waals surface area (Å²) in [4.78, 5) is 12.3. The number of carbonyl (C=O) groups excluding carboxylic acids is 1. The predicted octanol–water partition coefficient (Wildman–Crippen LogP) is 3.23. The Bertz CT molecular complexity index is 794. The van der Waals surface area contributed by atoms with Crippen LogP contribution in [0.4, 0.5) is 0 Å². The zero-order valence-electron chi connectivity index (χ0n) is 13.4. The summed E-state index contributed by atoms with van der Waals surface area (Å²) in [7, 11) is 0. The first-order valence-electron chi connectivity index (χ1n) is 7.32. The van der Waals surface area contributed by atoms with Gasteiger partial charge in [0, 0.05) is 10.0 Å². The summed E-state index contributed by atoms with van der Waals surface area (Å²) in [6.07, 6.45) is 1.46. The Morgan fingerprint density at radius 2 is 2.04 bits per heavy atom. The van der Waals surface area contributed by atoms with Crippen LogP contribution in [-0.2, 0) is 0 Å². The van der Waals surface area contributed by atoms with Crippen molar-refractivity contribution in [1.82, 2.24) is 5.43 Å². The van der Waals surface area contributed by atoms with Crippen molar-refractivity contribution >= 4 is 45.4 Å². The van der Waals surface area contributed by atoms with Gasteiger partial charge in [-0.1, -0.05) is 15.9 Å². The molecule has 0 amide bonds. The van der Waals surface area contributed by atoms with Gasteiger partial charge in [0.2, 0.25) is 0 Å².